The summed E-state index contributed by atoms with van der Waals surface area (Å²) in [5.41, 5.74) is 2.46. The molecule has 0 aliphatic heterocycles. The second kappa shape index (κ2) is 10.7. The maximum atomic E-state index is 12.0. The summed E-state index contributed by atoms with van der Waals surface area (Å²) in [6.07, 6.45) is 0.0880. The summed E-state index contributed by atoms with van der Waals surface area (Å²) in [5.74, 6) is 0.529. The molecule has 0 atom stereocenters. The fourth-order valence-electron chi connectivity index (χ4n) is 2.68. The van der Waals surface area contributed by atoms with Gasteiger partial charge in [0.25, 0.3) is 5.91 Å². The minimum Gasteiger partial charge on any atom is -0.497 e. The zero-order chi connectivity index (χ0) is 21.2. The lowest BCUT2D eigenvalue weighted by Gasteiger charge is -2.09. The minimum atomic E-state index is -0.472. The van der Waals surface area contributed by atoms with Crippen molar-refractivity contribution in [2.45, 2.75) is 13.0 Å². The standard InChI is InChI=1S/C24H23NO5/c1-28-21-11-7-18(8-12-21)15-24(27)30-17-23(26)25-20-9-13-22(14-10-20)29-16-19-5-3-2-4-6-19/h2-14H,15-17H2,1H3,(H,25,26). The number of esters is 1. The lowest BCUT2D eigenvalue weighted by molar-refractivity contribution is -0.146. The number of hydrogen-bond acceptors (Lipinski definition) is 5. The average molecular weight is 405 g/mol. The number of carbonyl (C=O) groups excluding carboxylic acids is 2. The van der Waals surface area contributed by atoms with Crippen LogP contribution in [-0.2, 0) is 27.4 Å². The fourth-order valence-corrected chi connectivity index (χ4v) is 2.68. The molecular formula is C24H23NO5. The van der Waals surface area contributed by atoms with E-state index in [1.807, 2.05) is 30.3 Å². The molecule has 0 spiro atoms. The Morgan fingerprint density at radius 1 is 0.800 bits per heavy atom. The van der Waals surface area contributed by atoms with Crippen molar-refractivity contribution in [2.24, 2.45) is 0 Å². The van der Waals surface area contributed by atoms with Crippen molar-refractivity contribution in [1.29, 1.82) is 0 Å². The molecule has 3 aromatic rings. The molecule has 6 nitrogen and oxygen atoms in total. The monoisotopic (exact) mass is 405 g/mol. The molecule has 3 rings (SSSR count). The molecule has 1 amide bonds. The van der Waals surface area contributed by atoms with Crippen LogP contribution in [0.4, 0.5) is 5.69 Å². The Morgan fingerprint density at radius 2 is 1.47 bits per heavy atom. The van der Waals surface area contributed by atoms with Crippen LogP contribution in [-0.4, -0.2) is 25.6 Å². The normalized spacial score (nSPS) is 10.2. The molecule has 30 heavy (non-hydrogen) atoms. The number of carbonyl (C=O) groups is 2. The highest BCUT2D eigenvalue weighted by Gasteiger charge is 2.09. The van der Waals surface area contributed by atoms with Gasteiger partial charge in [0.05, 0.1) is 13.5 Å². The number of ether oxygens (including phenoxy) is 3. The van der Waals surface area contributed by atoms with Crippen LogP contribution in [0.25, 0.3) is 0 Å². The van der Waals surface area contributed by atoms with Crippen LogP contribution in [0.5, 0.6) is 11.5 Å². The molecule has 0 aliphatic carbocycles. The maximum Gasteiger partial charge on any atom is 0.310 e. The molecule has 0 aliphatic rings. The molecule has 0 radical (unpaired) electrons. The Kier molecular flexibility index (Phi) is 7.44. The first-order valence-corrected chi connectivity index (χ1v) is 9.47. The third-order valence-electron chi connectivity index (χ3n) is 4.26. The van der Waals surface area contributed by atoms with Gasteiger partial charge in [0.15, 0.2) is 6.61 Å². The Bertz CT molecular complexity index is 953. The lowest BCUT2D eigenvalue weighted by atomic mass is 10.1. The van der Waals surface area contributed by atoms with Gasteiger partial charge in [0.1, 0.15) is 18.1 Å². The minimum absolute atomic E-state index is 0.0880. The van der Waals surface area contributed by atoms with Crippen molar-refractivity contribution in [3.8, 4) is 11.5 Å². The van der Waals surface area contributed by atoms with Crippen LogP contribution in [0.15, 0.2) is 78.9 Å². The van der Waals surface area contributed by atoms with E-state index in [9.17, 15) is 9.59 Å². The molecule has 0 heterocycles. The van der Waals surface area contributed by atoms with Gasteiger partial charge in [0, 0.05) is 5.69 Å². The molecule has 0 fully saturated rings. The van der Waals surface area contributed by atoms with Crippen molar-refractivity contribution in [2.75, 3.05) is 19.0 Å². The molecule has 0 bridgehead atoms. The molecule has 3 aromatic carbocycles. The van der Waals surface area contributed by atoms with E-state index in [1.165, 1.54) is 0 Å². The Balaban J connectivity index is 1.40. The van der Waals surface area contributed by atoms with Gasteiger partial charge in [-0.2, -0.15) is 0 Å². The largest absolute Gasteiger partial charge is 0.497 e. The van der Waals surface area contributed by atoms with Gasteiger partial charge in [-0.1, -0.05) is 42.5 Å². The van der Waals surface area contributed by atoms with Crippen LogP contribution in [0.3, 0.4) is 0 Å². The molecule has 0 saturated heterocycles. The van der Waals surface area contributed by atoms with E-state index in [4.69, 9.17) is 14.2 Å². The van der Waals surface area contributed by atoms with E-state index >= 15 is 0 Å². The van der Waals surface area contributed by atoms with Crippen LogP contribution in [0, 0.1) is 0 Å². The quantitative estimate of drug-likeness (QED) is 0.545. The van der Waals surface area contributed by atoms with Crippen molar-refractivity contribution in [3.05, 3.63) is 90.0 Å². The third kappa shape index (κ3) is 6.67. The maximum absolute atomic E-state index is 12.0. The summed E-state index contributed by atoms with van der Waals surface area (Å²) in [6, 6.07) is 24.0. The van der Waals surface area contributed by atoms with Gasteiger partial charge >= 0.3 is 5.97 Å². The summed E-state index contributed by atoms with van der Waals surface area (Å²) in [4.78, 5) is 23.9. The molecule has 0 saturated carbocycles. The lowest BCUT2D eigenvalue weighted by Crippen LogP contribution is -2.21. The second-order valence-corrected chi connectivity index (χ2v) is 6.53. The SMILES string of the molecule is COc1ccc(CC(=O)OCC(=O)Nc2ccc(OCc3ccccc3)cc2)cc1. The van der Waals surface area contributed by atoms with E-state index in [0.29, 0.717) is 23.8 Å². The van der Waals surface area contributed by atoms with Gasteiger partial charge in [-0.15, -0.1) is 0 Å². The summed E-state index contributed by atoms with van der Waals surface area (Å²) < 4.78 is 15.8. The van der Waals surface area contributed by atoms with Crippen LogP contribution < -0.4 is 14.8 Å². The summed E-state index contributed by atoms with van der Waals surface area (Å²) in [6.45, 7) is 0.123. The fraction of sp³-hybridized carbons (Fsp3) is 0.167. The van der Waals surface area contributed by atoms with Gasteiger partial charge in [-0.25, -0.2) is 0 Å². The van der Waals surface area contributed by atoms with E-state index in [-0.39, 0.29) is 13.0 Å². The number of amides is 1. The average Bonchev–Trinajstić information content (AvgIpc) is 2.78. The first-order chi connectivity index (χ1) is 14.6. The number of anilines is 1. The van der Waals surface area contributed by atoms with Gasteiger partial charge in [-0.05, 0) is 47.5 Å². The summed E-state index contributed by atoms with van der Waals surface area (Å²) in [5, 5.41) is 2.69. The zero-order valence-electron chi connectivity index (χ0n) is 16.7. The topological polar surface area (TPSA) is 73.9 Å². The molecule has 1 N–H and O–H groups in total. The molecule has 0 unspecified atom stereocenters. The number of hydrogen-bond donors (Lipinski definition) is 1. The number of rotatable bonds is 9. The van der Waals surface area contributed by atoms with E-state index < -0.39 is 11.9 Å². The van der Waals surface area contributed by atoms with E-state index in [0.717, 1.165) is 11.1 Å². The van der Waals surface area contributed by atoms with Gasteiger partial charge in [-0.3, -0.25) is 9.59 Å². The third-order valence-corrected chi connectivity index (χ3v) is 4.26. The summed E-state index contributed by atoms with van der Waals surface area (Å²) >= 11 is 0. The van der Waals surface area contributed by atoms with E-state index in [2.05, 4.69) is 5.32 Å². The zero-order valence-corrected chi connectivity index (χ0v) is 16.7. The van der Waals surface area contributed by atoms with Crippen LogP contribution >= 0.6 is 0 Å². The van der Waals surface area contributed by atoms with Crippen molar-refractivity contribution in [1.82, 2.24) is 0 Å². The highest BCUT2D eigenvalue weighted by atomic mass is 16.5. The predicted octanol–water partition coefficient (Wildman–Crippen LogP) is 4.00. The molecule has 154 valence electrons. The summed E-state index contributed by atoms with van der Waals surface area (Å²) in [7, 11) is 1.58. The van der Waals surface area contributed by atoms with Crippen molar-refractivity contribution >= 4 is 17.6 Å². The predicted molar refractivity (Wildman–Crippen MR) is 114 cm³/mol. The van der Waals surface area contributed by atoms with Crippen LogP contribution in [0.2, 0.25) is 0 Å². The Hall–Kier alpha value is -3.80. The number of nitrogens with one attached hydrogen (secondary N) is 1. The second-order valence-electron chi connectivity index (χ2n) is 6.53. The number of benzene rings is 3. The van der Waals surface area contributed by atoms with Crippen molar-refractivity contribution < 1.29 is 23.8 Å². The molecular weight excluding hydrogens is 382 g/mol. The molecule has 6 heteroatoms. The van der Waals surface area contributed by atoms with Gasteiger partial charge in [0.2, 0.25) is 0 Å². The number of methoxy groups -OCH3 is 1. The highest BCUT2D eigenvalue weighted by Crippen LogP contribution is 2.17. The molecule has 0 aromatic heterocycles. The Morgan fingerprint density at radius 3 is 2.13 bits per heavy atom. The Labute approximate surface area is 175 Å². The first-order valence-electron chi connectivity index (χ1n) is 9.47. The van der Waals surface area contributed by atoms with E-state index in [1.54, 1.807) is 55.6 Å². The first kappa shape index (κ1) is 20.9. The van der Waals surface area contributed by atoms with Crippen LogP contribution in [0.1, 0.15) is 11.1 Å². The highest BCUT2D eigenvalue weighted by molar-refractivity contribution is 5.92. The van der Waals surface area contributed by atoms with Gasteiger partial charge < -0.3 is 19.5 Å². The van der Waals surface area contributed by atoms with Crippen molar-refractivity contribution in [3.63, 3.8) is 0 Å². The smallest absolute Gasteiger partial charge is 0.310 e.